The number of hydrogen-bond acceptors (Lipinski definition) is 2. The summed E-state index contributed by atoms with van der Waals surface area (Å²) in [7, 11) is 0. The topological polar surface area (TPSA) is 60.2 Å². The molecule has 0 rings (SSSR count). The van der Waals surface area contributed by atoms with Crippen molar-refractivity contribution in [1.29, 1.82) is 0 Å². The van der Waals surface area contributed by atoms with Crippen molar-refractivity contribution >= 4 is 23.7 Å². The Bertz CT molecular complexity index is 72.0. The van der Waals surface area contributed by atoms with Crippen molar-refractivity contribution < 1.29 is 9.59 Å². The molecular weight excluding hydrogens is 126 g/mol. The van der Waals surface area contributed by atoms with Crippen LogP contribution in [0.3, 0.4) is 0 Å². The molecule has 0 heterocycles. The zero-order valence-electron chi connectivity index (χ0n) is 4.84. The summed E-state index contributed by atoms with van der Waals surface area (Å²) in [6.07, 6.45) is 0. The minimum atomic E-state index is -0.333. The minimum Gasteiger partial charge on any atom is -0.370 e. The van der Waals surface area contributed by atoms with Gasteiger partial charge in [0, 0.05) is 13.8 Å². The Morgan fingerprint density at radius 2 is 1.38 bits per heavy atom. The van der Waals surface area contributed by atoms with Crippen LogP contribution in [0, 0.1) is 0 Å². The van der Waals surface area contributed by atoms with E-state index in [2.05, 4.69) is 18.4 Å². The third kappa shape index (κ3) is 426. The van der Waals surface area contributed by atoms with Gasteiger partial charge < -0.3 is 5.73 Å². The lowest BCUT2D eigenvalue weighted by molar-refractivity contribution is -0.116. The van der Waals surface area contributed by atoms with E-state index in [1.807, 2.05) is 0 Å². The molecule has 8 heavy (non-hydrogen) atoms. The lowest BCUT2D eigenvalue weighted by Gasteiger charge is -1.60. The van der Waals surface area contributed by atoms with Crippen LogP contribution in [0.25, 0.3) is 0 Å². The molecule has 0 aliphatic carbocycles. The van der Waals surface area contributed by atoms with Crippen LogP contribution < -0.4 is 5.73 Å². The third-order valence-electron chi connectivity index (χ3n) is 0. The summed E-state index contributed by atoms with van der Waals surface area (Å²) in [4.78, 5) is 18.5. The summed E-state index contributed by atoms with van der Waals surface area (Å²) in [6, 6.07) is 0. The van der Waals surface area contributed by atoms with Crippen LogP contribution in [0.2, 0.25) is 0 Å². The Hall–Kier alpha value is -0.510. The molecule has 0 radical (unpaired) electrons. The maximum Gasteiger partial charge on any atom is 0.214 e. The SMILES string of the molecule is CC(=O)S.CC(N)=O. The Labute approximate surface area is 53.7 Å². The molecule has 0 unspecified atom stereocenters. The smallest absolute Gasteiger partial charge is 0.214 e. The van der Waals surface area contributed by atoms with Crippen LogP contribution in [-0.2, 0) is 9.59 Å². The summed E-state index contributed by atoms with van der Waals surface area (Å²) in [5.74, 6) is -0.333. The normalized spacial score (nSPS) is 6.38. The van der Waals surface area contributed by atoms with Gasteiger partial charge in [-0.15, -0.1) is 12.6 Å². The molecule has 0 aromatic carbocycles. The van der Waals surface area contributed by atoms with E-state index >= 15 is 0 Å². The highest BCUT2D eigenvalue weighted by atomic mass is 32.1. The molecule has 1 amide bonds. The van der Waals surface area contributed by atoms with Crippen LogP contribution in [0.1, 0.15) is 13.8 Å². The van der Waals surface area contributed by atoms with Crippen molar-refractivity contribution in [2.24, 2.45) is 5.73 Å². The Kier molecular flexibility index (Phi) is 8.49. The molecule has 48 valence electrons. The van der Waals surface area contributed by atoms with Crippen molar-refractivity contribution in [3.63, 3.8) is 0 Å². The number of amides is 1. The third-order valence-corrected chi connectivity index (χ3v) is 0. The van der Waals surface area contributed by atoms with Gasteiger partial charge in [-0.1, -0.05) is 0 Å². The van der Waals surface area contributed by atoms with Crippen molar-refractivity contribution in [2.45, 2.75) is 13.8 Å². The highest BCUT2D eigenvalue weighted by Gasteiger charge is 1.63. The largest absolute Gasteiger partial charge is 0.370 e. The predicted molar refractivity (Wildman–Crippen MR) is 34.5 cm³/mol. The summed E-state index contributed by atoms with van der Waals surface area (Å²) < 4.78 is 0. The summed E-state index contributed by atoms with van der Waals surface area (Å²) in [5.41, 5.74) is 4.47. The highest BCUT2D eigenvalue weighted by Crippen LogP contribution is 1.66. The molecule has 0 saturated carbocycles. The molecule has 2 N–H and O–H groups in total. The first-order valence-corrected chi connectivity index (χ1v) is 2.37. The van der Waals surface area contributed by atoms with Crippen molar-refractivity contribution in [2.75, 3.05) is 0 Å². The van der Waals surface area contributed by atoms with Gasteiger partial charge in [0.1, 0.15) is 0 Å². The van der Waals surface area contributed by atoms with E-state index in [0.717, 1.165) is 0 Å². The number of hydrogen-bond donors (Lipinski definition) is 2. The first-order chi connectivity index (χ1) is 3.46. The second-order valence-electron chi connectivity index (χ2n) is 1.13. The molecule has 0 aromatic heterocycles. The van der Waals surface area contributed by atoms with Gasteiger partial charge in [-0.25, -0.2) is 0 Å². The van der Waals surface area contributed by atoms with Gasteiger partial charge in [0.15, 0.2) is 5.12 Å². The Balaban J connectivity index is 0. The molecule has 0 aliphatic heterocycles. The van der Waals surface area contributed by atoms with Gasteiger partial charge in [-0.05, 0) is 0 Å². The summed E-state index contributed by atoms with van der Waals surface area (Å²) in [5, 5.41) is -0.139. The zero-order chi connectivity index (χ0) is 7.15. The van der Waals surface area contributed by atoms with Gasteiger partial charge in [0.05, 0.1) is 0 Å². The van der Waals surface area contributed by atoms with Gasteiger partial charge >= 0.3 is 0 Å². The summed E-state index contributed by atoms with van der Waals surface area (Å²) in [6.45, 7) is 2.70. The average Bonchev–Trinajstić information content (AvgIpc) is 1.25. The zero-order valence-corrected chi connectivity index (χ0v) is 5.74. The highest BCUT2D eigenvalue weighted by molar-refractivity contribution is 7.96. The standard InChI is InChI=1S/C2H5NO.C2H4OS/c2*1-2(3)4/h1H3,(H2,3,4);1H3,(H,3,4). The van der Waals surface area contributed by atoms with E-state index in [1.54, 1.807) is 0 Å². The number of carbonyl (C=O) groups excluding carboxylic acids is 2. The molecule has 0 fully saturated rings. The molecule has 0 saturated heterocycles. The Morgan fingerprint density at radius 3 is 1.38 bits per heavy atom. The van der Waals surface area contributed by atoms with E-state index in [-0.39, 0.29) is 11.0 Å². The lowest BCUT2D eigenvalue weighted by atomic mass is 10.8. The van der Waals surface area contributed by atoms with Gasteiger partial charge in [0.25, 0.3) is 0 Å². The number of primary amides is 1. The minimum absolute atomic E-state index is 0.139. The van der Waals surface area contributed by atoms with Crippen LogP contribution in [0.5, 0.6) is 0 Å². The number of nitrogens with two attached hydrogens (primary N) is 1. The maximum atomic E-state index is 9.31. The van der Waals surface area contributed by atoms with Crippen LogP contribution in [0.15, 0.2) is 0 Å². The van der Waals surface area contributed by atoms with E-state index in [4.69, 9.17) is 0 Å². The monoisotopic (exact) mass is 135 g/mol. The average molecular weight is 135 g/mol. The maximum absolute atomic E-state index is 9.31. The van der Waals surface area contributed by atoms with E-state index in [9.17, 15) is 9.59 Å². The number of rotatable bonds is 0. The molecule has 0 aliphatic rings. The molecule has 0 atom stereocenters. The van der Waals surface area contributed by atoms with Crippen LogP contribution in [-0.4, -0.2) is 11.0 Å². The predicted octanol–water partition coefficient (Wildman–Crippen LogP) is -0.0457. The second-order valence-corrected chi connectivity index (χ2v) is 1.76. The number of carbonyl (C=O) groups is 2. The molecule has 0 bridgehead atoms. The molecule has 3 nitrogen and oxygen atoms in total. The van der Waals surface area contributed by atoms with Crippen LogP contribution in [0.4, 0.5) is 0 Å². The van der Waals surface area contributed by atoms with Crippen molar-refractivity contribution in [3.05, 3.63) is 0 Å². The van der Waals surface area contributed by atoms with Gasteiger partial charge in [-0.2, -0.15) is 0 Å². The first kappa shape index (κ1) is 10.5. The van der Waals surface area contributed by atoms with Crippen molar-refractivity contribution in [3.8, 4) is 0 Å². The van der Waals surface area contributed by atoms with Crippen molar-refractivity contribution in [1.82, 2.24) is 0 Å². The molecule has 0 aromatic rings. The summed E-state index contributed by atoms with van der Waals surface area (Å²) >= 11 is 3.33. The fourth-order valence-electron chi connectivity index (χ4n) is 0. The fourth-order valence-corrected chi connectivity index (χ4v) is 0. The Morgan fingerprint density at radius 1 is 1.38 bits per heavy atom. The second kappa shape index (κ2) is 6.49. The lowest BCUT2D eigenvalue weighted by Crippen LogP contribution is -2.01. The number of thiol groups is 1. The molecule has 4 heteroatoms. The fraction of sp³-hybridized carbons (Fsp3) is 0.500. The van der Waals surface area contributed by atoms with E-state index < -0.39 is 0 Å². The van der Waals surface area contributed by atoms with Crippen LogP contribution >= 0.6 is 12.6 Å². The quantitative estimate of drug-likeness (QED) is 0.458. The molecular formula is C4H9NO2S. The van der Waals surface area contributed by atoms with E-state index in [0.29, 0.717) is 0 Å². The van der Waals surface area contributed by atoms with Gasteiger partial charge in [0.2, 0.25) is 5.91 Å². The van der Waals surface area contributed by atoms with Gasteiger partial charge in [-0.3, -0.25) is 9.59 Å². The first-order valence-electron chi connectivity index (χ1n) is 1.92. The van der Waals surface area contributed by atoms with E-state index in [1.165, 1.54) is 13.8 Å². The molecule has 0 spiro atoms.